The second-order valence-corrected chi connectivity index (χ2v) is 6.30. The first-order valence-electron chi connectivity index (χ1n) is 8.28. The van der Waals surface area contributed by atoms with Crippen molar-refractivity contribution in [3.05, 3.63) is 59.7 Å². The summed E-state index contributed by atoms with van der Waals surface area (Å²) in [4.78, 5) is 11.9. The summed E-state index contributed by atoms with van der Waals surface area (Å²) in [7, 11) is 1.62. The molecule has 2 unspecified atom stereocenters. The third kappa shape index (κ3) is 4.07. The number of hydrogen-bond acceptors (Lipinski definition) is 3. The first-order chi connectivity index (χ1) is 11.7. The van der Waals surface area contributed by atoms with E-state index in [-0.39, 0.29) is 11.8 Å². The number of carbonyl (C=O) groups excluding carboxylic acids is 1. The van der Waals surface area contributed by atoms with Gasteiger partial charge in [-0.3, -0.25) is 4.79 Å². The fourth-order valence-corrected chi connectivity index (χ4v) is 2.68. The number of rotatable bonds is 7. The lowest BCUT2D eigenvalue weighted by Crippen LogP contribution is -2.24. The zero-order valence-corrected chi connectivity index (χ0v) is 14.1. The number of hydrogen-bond donors (Lipinski definition) is 1. The number of ether oxygens (including phenoxy) is 2. The van der Waals surface area contributed by atoms with Crippen molar-refractivity contribution >= 4 is 5.91 Å². The van der Waals surface area contributed by atoms with Crippen LogP contribution in [-0.4, -0.2) is 13.0 Å². The van der Waals surface area contributed by atoms with Gasteiger partial charge in [0, 0.05) is 12.5 Å². The largest absolute Gasteiger partial charge is 0.493 e. The molecule has 0 aromatic heterocycles. The molecule has 24 heavy (non-hydrogen) atoms. The normalized spacial score (nSPS) is 18.8. The molecule has 4 heteroatoms. The van der Waals surface area contributed by atoms with Crippen LogP contribution in [0.3, 0.4) is 0 Å². The highest BCUT2D eigenvalue weighted by Gasteiger charge is 2.38. The smallest absolute Gasteiger partial charge is 0.223 e. The Hall–Kier alpha value is -2.49. The quantitative estimate of drug-likeness (QED) is 0.847. The van der Waals surface area contributed by atoms with Crippen molar-refractivity contribution in [2.45, 2.75) is 26.5 Å². The van der Waals surface area contributed by atoms with Gasteiger partial charge in [-0.05, 0) is 35.6 Å². The Kier molecular flexibility index (Phi) is 5.04. The minimum atomic E-state index is 0.144. The molecule has 1 amide bonds. The molecule has 1 aliphatic carbocycles. The van der Waals surface area contributed by atoms with E-state index in [1.54, 1.807) is 7.11 Å². The second-order valence-electron chi connectivity index (χ2n) is 6.30. The van der Waals surface area contributed by atoms with Crippen molar-refractivity contribution in [3.8, 4) is 11.5 Å². The summed E-state index contributed by atoms with van der Waals surface area (Å²) >= 11 is 0. The van der Waals surface area contributed by atoms with E-state index < -0.39 is 0 Å². The van der Waals surface area contributed by atoms with Gasteiger partial charge in [0.05, 0.1) is 7.11 Å². The zero-order chi connectivity index (χ0) is 16.9. The second kappa shape index (κ2) is 7.39. The van der Waals surface area contributed by atoms with Crippen molar-refractivity contribution in [3.63, 3.8) is 0 Å². The summed E-state index contributed by atoms with van der Waals surface area (Å²) < 4.78 is 11.3. The Morgan fingerprint density at radius 3 is 2.54 bits per heavy atom. The fourth-order valence-electron chi connectivity index (χ4n) is 2.68. The summed E-state index contributed by atoms with van der Waals surface area (Å²) in [5, 5.41) is 2.98. The summed E-state index contributed by atoms with van der Waals surface area (Å²) in [6.45, 7) is 3.11. The lowest BCUT2D eigenvalue weighted by Gasteiger charge is -2.13. The minimum Gasteiger partial charge on any atom is -0.493 e. The lowest BCUT2D eigenvalue weighted by molar-refractivity contribution is -0.122. The van der Waals surface area contributed by atoms with Crippen LogP contribution in [0.15, 0.2) is 48.5 Å². The van der Waals surface area contributed by atoms with Gasteiger partial charge in [-0.2, -0.15) is 0 Å². The van der Waals surface area contributed by atoms with E-state index in [4.69, 9.17) is 9.47 Å². The van der Waals surface area contributed by atoms with Crippen LogP contribution in [0.4, 0.5) is 0 Å². The van der Waals surface area contributed by atoms with Crippen LogP contribution < -0.4 is 14.8 Å². The molecule has 1 aliphatic rings. The van der Waals surface area contributed by atoms with E-state index in [1.165, 1.54) is 0 Å². The first kappa shape index (κ1) is 16.4. The van der Waals surface area contributed by atoms with Crippen molar-refractivity contribution in [1.29, 1.82) is 0 Å². The van der Waals surface area contributed by atoms with Gasteiger partial charge in [0.1, 0.15) is 6.61 Å². The van der Waals surface area contributed by atoms with Gasteiger partial charge in [0.15, 0.2) is 11.5 Å². The Morgan fingerprint density at radius 2 is 1.88 bits per heavy atom. The van der Waals surface area contributed by atoms with Gasteiger partial charge in [-0.25, -0.2) is 0 Å². The summed E-state index contributed by atoms with van der Waals surface area (Å²) in [6, 6.07) is 15.8. The van der Waals surface area contributed by atoms with Crippen molar-refractivity contribution in [1.82, 2.24) is 5.32 Å². The highest BCUT2D eigenvalue weighted by Crippen LogP contribution is 2.37. The molecule has 4 nitrogen and oxygen atoms in total. The maximum absolute atomic E-state index is 11.9. The van der Waals surface area contributed by atoms with Crippen LogP contribution >= 0.6 is 0 Å². The number of amides is 1. The molecule has 0 saturated heterocycles. The molecule has 0 aliphatic heterocycles. The van der Waals surface area contributed by atoms with E-state index in [1.807, 2.05) is 48.5 Å². The number of nitrogens with one attached hydrogen (secondary N) is 1. The molecule has 1 N–H and O–H groups in total. The maximum atomic E-state index is 11.9. The molecule has 0 radical (unpaired) electrons. The van der Waals surface area contributed by atoms with Crippen LogP contribution in [0.2, 0.25) is 0 Å². The molecule has 0 bridgehead atoms. The molecule has 126 valence electrons. The highest BCUT2D eigenvalue weighted by atomic mass is 16.5. The SMILES string of the molecule is COc1cc(CNC(=O)C2CC2C)ccc1OCc1ccccc1. The Morgan fingerprint density at radius 1 is 1.12 bits per heavy atom. The topological polar surface area (TPSA) is 47.6 Å². The fraction of sp³-hybridized carbons (Fsp3) is 0.350. The minimum absolute atomic E-state index is 0.144. The third-order valence-electron chi connectivity index (χ3n) is 4.38. The molecular formula is C20H23NO3. The zero-order valence-electron chi connectivity index (χ0n) is 14.1. The lowest BCUT2D eigenvalue weighted by atomic mass is 10.2. The first-order valence-corrected chi connectivity index (χ1v) is 8.28. The summed E-state index contributed by atoms with van der Waals surface area (Å²) in [5.41, 5.74) is 2.11. The standard InChI is InChI=1S/C20H23NO3/c1-14-10-17(14)20(22)21-12-16-8-9-18(19(11-16)23-2)24-13-15-6-4-3-5-7-15/h3-9,11,14,17H,10,12-13H2,1-2H3,(H,21,22). The van der Waals surface area contributed by atoms with E-state index in [2.05, 4.69) is 12.2 Å². The van der Waals surface area contributed by atoms with E-state index in [0.717, 1.165) is 17.5 Å². The number of carbonyl (C=O) groups is 1. The highest BCUT2D eigenvalue weighted by molar-refractivity contribution is 5.81. The van der Waals surface area contributed by atoms with E-state index in [0.29, 0.717) is 30.6 Å². The average molecular weight is 325 g/mol. The monoisotopic (exact) mass is 325 g/mol. The van der Waals surface area contributed by atoms with E-state index >= 15 is 0 Å². The van der Waals surface area contributed by atoms with Crippen LogP contribution in [0.5, 0.6) is 11.5 Å². The van der Waals surface area contributed by atoms with Crippen molar-refractivity contribution in [2.24, 2.45) is 11.8 Å². The molecule has 2 aromatic rings. The van der Waals surface area contributed by atoms with Gasteiger partial charge >= 0.3 is 0 Å². The van der Waals surface area contributed by atoms with Gasteiger partial charge in [-0.15, -0.1) is 0 Å². The molecule has 0 spiro atoms. The van der Waals surface area contributed by atoms with Gasteiger partial charge < -0.3 is 14.8 Å². The van der Waals surface area contributed by atoms with Gasteiger partial charge in [0.25, 0.3) is 0 Å². The summed E-state index contributed by atoms with van der Waals surface area (Å²) in [6.07, 6.45) is 1.00. The molecule has 1 saturated carbocycles. The molecule has 2 atom stereocenters. The Labute approximate surface area is 142 Å². The third-order valence-corrected chi connectivity index (χ3v) is 4.38. The van der Waals surface area contributed by atoms with Gasteiger partial charge in [-0.1, -0.05) is 43.3 Å². The van der Waals surface area contributed by atoms with Crippen molar-refractivity contribution in [2.75, 3.05) is 7.11 Å². The summed E-state index contributed by atoms with van der Waals surface area (Å²) in [5.74, 6) is 2.24. The number of methoxy groups -OCH3 is 1. The van der Waals surface area contributed by atoms with Crippen molar-refractivity contribution < 1.29 is 14.3 Å². The molecule has 0 heterocycles. The molecule has 2 aromatic carbocycles. The van der Waals surface area contributed by atoms with Crippen LogP contribution in [0, 0.1) is 11.8 Å². The number of benzene rings is 2. The van der Waals surface area contributed by atoms with Crippen LogP contribution in [0.1, 0.15) is 24.5 Å². The average Bonchev–Trinajstić information content (AvgIpc) is 3.36. The molecule has 3 rings (SSSR count). The Bertz CT molecular complexity index is 699. The van der Waals surface area contributed by atoms with E-state index in [9.17, 15) is 4.79 Å². The predicted octanol–water partition coefficient (Wildman–Crippen LogP) is 3.55. The van der Waals surface area contributed by atoms with Crippen LogP contribution in [0.25, 0.3) is 0 Å². The van der Waals surface area contributed by atoms with Gasteiger partial charge in [0.2, 0.25) is 5.91 Å². The predicted molar refractivity (Wildman–Crippen MR) is 92.9 cm³/mol. The molecular weight excluding hydrogens is 302 g/mol. The van der Waals surface area contributed by atoms with Crippen LogP contribution in [-0.2, 0) is 17.9 Å². The Balaban J connectivity index is 1.59. The molecule has 1 fully saturated rings. The maximum Gasteiger partial charge on any atom is 0.223 e.